The molecule has 96 valence electrons. The quantitative estimate of drug-likeness (QED) is 0.241. The fraction of sp³-hybridized carbons (Fsp3) is 0.222. The number of fused-ring (bicyclic) bond motifs is 2. The van der Waals surface area contributed by atoms with Gasteiger partial charge >= 0.3 is 0 Å². The molecule has 0 atom stereocenters. The molecule has 0 saturated carbocycles. The van der Waals surface area contributed by atoms with Crippen molar-refractivity contribution in [3.8, 4) is 0 Å². The Morgan fingerprint density at radius 2 is 1.32 bits per heavy atom. The van der Waals surface area contributed by atoms with Crippen molar-refractivity contribution in [1.29, 1.82) is 0 Å². The smallest absolute Gasteiger partial charge is 0.000461 e. The zero-order valence-corrected chi connectivity index (χ0v) is 13.1. The average Bonchev–Trinajstić information content (AvgIpc) is 2.46. The first kappa shape index (κ1) is 12.9. The van der Waals surface area contributed by atoms with E-state index < -0.39 is 0 Å². The van der Waals surface area contributed by atoms with Gasteiger partial charge in [0.15, 0.2) is 0 Å². The summed E-state index contributed by atoms with van der Waals surface area (Å²) in [4.78, 5) is 0. The SMILES string of the molecule is ICCCCc1c2ccccc2cc2ccccc12. The molecule has 0 aliphatic heterocycles. The van der Waals surface area contributed by atoms with Gasteiger partial charge in [0, 0.05) is 0 Å². The second-order valence-electron chi connectivity index (χ2n) is 4.94. The van der Waals surface area contributed by atoms with E-state index in [9.17, 15) is 0 Å². The van der Waals surface area contributed by atoms with E-state index in [2.05, 4.69) is 77.2 Å². The number of hydrogen-bond acceptors (Lipinski definition) is 0. The minimum absolute atomic E-state index is 1.19. The molecule has 0 heterocycles. The maximum absolute atomic E-state index is 2.47. The van der Waals surface area contributed by atoms with Crippen LogP contribution in [-0.4, -0.2) is 4.43 Å². The summed E-state index contributed by atoms with van der Waals surface area (Å²) < 4.78 is 1.25. The van der Waals surface area contributed by atoms with E-state index in [1.807, 2.05) is 0 Å². The minimum Gasteiger partial charge on any atom is -0.0864 e. The van der Waals surface area contributed by atoms with Gasteiger partial charge in [-0.15, -0.1) is 0 Å². The lowest BCUT2D eigenvalue weighted by Gasteiger charge is -2.11. The highest BCUT2D eigenvalue weighted by atomic mass is 127. The van der Waals surface area contributed by atoms with Crippen LogP contribution in [0.2, 0.25) is 0 Å². The van der Waals surface area contributed by atoms with Crippen molar-refractivity contribution in [1.82, 2.24) is 0 Å². The largest absolute Gasteiger partial charge is 0.0864 e. The Bertz CT molecular complexity index is 646. The Morgan fingerprint density at radius 3 is 1.89 bits per heavy atom. The van der Waals surface area contributed by atoms with Crippen LogP contribution < -0.4 is 0 Å². The van der Waals surface area contributed by atoms with E-state index >= 15 is 0 Å². The van der Waals surface area contributed by atoms with Crippen LogP contribution >= 0.6 is 22.6 Å². The number of benzene rings is 3. The van der Waals surface area contributed by atoms with Crippen LogP contribution in [0.1, 0.15) is 18.4 Å². The molecular formula is C18H17I. The third-order valence-corrected chi connectivity index (χ3v) is 4.46. The maximum atomic E-state index is 2.47. The maximum Gasteiger partial charge on any atom is -0.000461 e. The molecule has 0 N–H and O–H groups in total. The van der Waals surface area contributed by atoms with E-state index in [1.54, 1.807) is 0 Å². The van der Waals surface area contributed by atoms with Crippen molar-refractivity contribution in [3.63, 3.8) is 0 Å². The molecule has 1 heteroatoms. The van der Waals surface area contributed by atoms with Crippen LogP contribution in [-0.2, 0) is 6.42 Å². The summed E-state index contributed by atoms with van der Waals surface area (Å²) >= 11 is 2.47. The normalized spacial score (nSPS) is 11.2. The lowest BCUT2D eigenvalue weighted by molar-refractivity contribution is 0.817. The summed E-state index contributed by atoms with van der Waals surface area (Å²) in [6, 6.07) is 19.9. The van der Waals surface area contributed by atoms with Crippen molar-refractivity contribution in [2.45, 2.75) is 19.3 Å². The fourth-order valence-electron chi connectivity index (χ4n) is 2.77. The van der Waals surface area contributed by atoms with E-state index in [4.69, 9.17) is 0 Å². The zero-order chi connectivity index (χ0) is 13.1. The van der Waals surface area contributed by atoms with Crippen LogP contribution in [0, 0.1) is 0 Å². The van der Waals surface area contributed by atoms with E-state index in [0.717, 1.165) is 0 Å². The number of rotatable bonds is 4. The molecule has 0 fully saturated rings. The van der Waals surface area contributed by atoms with Gasteiger partial charge < -0.3 is 0 Å². The van der Waals surface area contributed by atoms with Crippen LogP contribution in [0.5, 0.6) is 0 Å². The molecule has 3 rings (SSSR count). The molecule has 0 unspecified atom stereocenters. The monoisotopic (exact) mass is 360 g/mol. The first-order valence-electron chi connectivity index (χ1n) is 6.85. The molecule has 0 aliphatic carbocycles. The van der Waals surface area contributed by atoms with Gasteiger partial charge in [0.25, 0.3) is 0 Å². The minimum atomic E-state index is 1.19. The van der Waals surface area contributed by atoms with Crippen molar-refractivity contribution >= 4 is 44.1 Å². The van der Waals surface area contributed by atoms with Crippen molar-refractivity contribution in [2.24, 2.45) is 0 Å². The van der Waals surface area contributed by atoms with Crippen LogP contribution in [0.25, 0.3) is 21.5 Å². The molecule has 0 aliphatic rings. The van der Waals surface area contributed by atoms with Gasteiger partial charge in [0.05, 0.1) is 0 Å². The average molecular weight is 360 g/mol. The fourth-order valence-corrected chi connectivity index (χ4v) is 3.31. The number of alkyl halides is 1. The van der Waals surface area contributed by atoms with Gasteiger partial charge in [0.2, 0.25) is 0 Å². The molecule has 0 aromatic heterocycles. The van der Waals surface area contributed by atoms with Gasteiger partial charge in [-0.3, -0.25) is 0 Å². The van der Waals surface area contributed by atoms with E-state index in [1.165, 1.54) is 50.8 Å². The molecular weight excluding hydrogens is 343 g/mol. The Kier molecular flexibility index (Phi) is 4.02. The Balaban J connectivity index is 2.21. The van der Waals surface area contributed by atoms with Crippen molar-refractivity contribution < 1.29 is 0 Å². The first-order chi connectivity index (χ1) is 9.40. The van der Waals surface area contributed by atoms with Gasteiger partial charge in [-0.2, -0.15) is 0 Å². The number of aryl methyl sites for hydroxylation is 1. The van der Waals surface area contributed by atoms with E-state index in [-0.39, 0.29) is 0 Å². The highest BCUT2D eigenvalue weighted by Crippen LogP contribution is 2.29. The third kappa shape index (κ3) is 2.62. The molecule has 0 nitrogen and oxygen atoms in total. The van der Waals surface area contributed by atoms with Gasteiger partial charge in [0.1, 0.15) is 0 Å². The number of unbranched alkanes of at least 4 members (excludes halogenated alkanes) is 1. The zero-order valence-electron chi connectivity index (χ0n) is 10.9. The standard InChI is InChI=1S/C18H17I/c19-12-6-5-11-18-16-9-3-1-7-14(16)13-15-8-2-4-10-17(15)18/h1-4,7-10,13H,5-6,11-12H2. The molecule has 0 saturated heterocycles. The van der Waals surface area contributed by atoms with E-state index in [0.29, 0.717) is 0 Å². The molecule has 0 radical (unpaired) electrons. The summed E-state index contributed by atoms with van der Waals surface area (Å²) in [6.45, 7) is 0. The Labute approximate surface area is 128 Å². The number of hydrogen-bond donors (Lipinski definition) is 0. The van der Waals surface area contributed by atoms with Crippen LogP contribution in [0.4, 0.5) is 0 Å². The van der Waals surface area contributed by atoms with Crippen LogP contribution in [0.15, 0.2) is 54.6 Å². The molecule has 3 aromatic carbocycles. The predicted molar refractivity (Wildman–Crippen MR) is 93.3 cm³/mol. The molecule has 0 amide bonds. The summed E-state index contributed by atoms with van der Waals surface area (Å²) in [5, 5.41) is 5.58. The topological polar surface area (TPSA) is 0 Å². The lowest BCUT2D eigenvalue weighted by Crippen LogP contribution is -1.91. The second-order valence-corrected chi connectivity index (χ2v) is 6.02. The lowest BCUT2D eigenvalue weighted by atomic mass is 9.94. The van der Waals surface area contributed by atoms with Gasteiger partial charge in [-0.1, -0.05) is 71.1 Å². The van der Waals surface area contributed by atoms with Crippen molar-refractivity contribution in [3.05, 3.63) is 60.2 Å². The second kappa shape index (κ2) is 5.91. The summed E-state index contributed by atoms with van der Waals surface area (Å²) in [7, 11) is 0. The Morgan fingerprint density at radius 1 is 0.737 bits per heavy atom. The predicted octanol–water partition coefficient (Wildman–Crippen LogP) is 5.75. The number of halogens is 1. The summed E-state index contributed by atoms with van der Waals surface area (Å²) in [5.41, 5.74) is 1.53. The molecule has 0 bridgehead atoms. The Hall–Kier alpha value is -1.09. The summed E-state index contributed by atoms with van der Waals surface area (Å²) in [5.74, 6) is 0. The molecule has 19 heavy (non-hydrogen) atoms. The highest BCUT2D eigenvalue weighted by molar-refractivity contribution is 14.1. The molecule has 0 spiro atoms. The van der Waals surface area contributed by atoms with Crippen molar-refractivity contribution in [2.75, 3.05) is 4.43 Å². The van der Waals surface area contributed by atoms with Gasteiger partial charge in [-0.05, 0) is 56.9 Å². The highest BCUT2D eigenvalue weighted by Gasteiger charge is 2.06. The van der Waals surface area contributed by atoms with Gasteiger partial charge in [-0.25, -0.2) is 0 Å². The molecule has 3 aromatic rings. The van der Waals surface area contributed by atoms with Crippen LogP contribution in [0.3, 0.4) is 0 Å². The first-order valence-corrected chi connectivity index (χ1v) is 8.38. The summed E-state index contributed by atoms with van der Waals surface area (Å²) in [6.07, 6.45) is 3.77. The third-order valence-electron chi connectivity index (χ3n) is 3.69.